The number of rotatable bonds is 1. The highest BCUT2D eigenvalue weighted by molar-refractivity contribution is 6.19. The summed E-state index contributed by atoms with van der Waals surface area (Å²) < 4.78 is 0. The number of carbonyl (C=O) groups is 3. The normalized spacial score (nSPS) is 38.9. The number of nitrogens with zero attached hydrogens (tertiary/aromatic N) is 1. The van der Waals surface area contributed by atoms with Crippen LogP contribution in [0.3, 0.4) is 0 Å². The molecule has 2 bridgehead atoms. The van der Waals surface area contributed by atoms with E-state index in [-0.39, 0.29) is 17.9 Å². The van der Waals surface area contributed by atoms with Gasteiger partial charge in [0.2, 0.25) is 11.8 Å². The number of hydrogen-bond acceptors (Lipinski definition) is 3. The number of nitrogens with one attached hydrogen (secondary N) is 1. The van der Waals surface area contributed by atoms with E-state index < -0.39 is 11.4 Å². The van der Waals surface area contributed by atoms with E-state index in [1.807, 2.05) is 0 Å². The summed E-state index contributed by atoms with van der Waals surface area (Å²) in [4.78, 5) is 38.7. The molecule has 0 aromatic heterocycles. The molecule has 4 aliphatic rings. The lowest BCUT2D eigenvalue weighted by Crippen LogP contribution is -2.66. The predicted octanol–water partition coefficient (Wildman–Crippen LogP) is 1.81. The first kappa shape index (κ1) is 12.4. The lowest BCUT2D eigenvalue weighted by molar-refractivity contribution is -0.153. The molecule has 0 aromatic carbocycles. The third-order valence-corrected chi connectivity index (χ3v) is 5.99. The maximum atomic E-state index is 12.9. The number of barbiturate groups is 1. The van der Waals surface area contributed by atoms with Crippen molar-refractivity contribution in [2.24, 2.45) is 17.3 Å². The first-order chi connectivity index (χ1) is 9.62. The van der Waals surface area contributed by atoms with E-state index in [1.165, 1.54) is 11.3 Å². The first-order valence-electron chi connectivity index (χ1n) is 7.81. The second-order valence-corrected chi connectivity index (χ2v) is 6.97. The monoisotopic (exact) mass is 276 g/mol. The van der Waals surface area contributed by atoms with Crippen molar-refractivity contribution in [2.75, 3.05) is 0 Å². The lowest BCUT2D eigenvalue weighted by atomic mass is 9.80. The quantitative estimate of drug-likeness (QED) is 0.743. The average molecular weight is 276 g/mol. The fourth-order valence-corrected chi connectivity index (χ4v) is 4.94. The minimum absolute atomic E-state index is 0.0341. The second-order valence-electron chi connectivity index (χ2n) is 6.97. The largest absolute Gasteiger partial charge is 0.331 e. The van der Waals surface area contributed by atoms with Gasteiger partial charge >= 0.3 is 6.03 Å². The van der Waals surface area contributed by atoms with Crippen LogP contribution in [-0.4, -0.2) is 28.8 Å². The molecule has 5 heteroatoms. The van der Waals surface area contributed by atoms with E-state index in [1.54, 1.807) is 0 Å². The summed E-state index contributed by atoms with van der Waals surface area (Å²) in [6.07, 6.45) is 7.43. The van der Waals surface area contributed by atoms with E-state index in [4.69, 9.17) is 0 Å². The first-order valence-corrected chi connectivity index (χ1v) is 7.81. The average Bonchev–Trinajstić information content (AvgIpc) is 3.14. The smallest absolute Gasteiger partial charge is 0.277 e. The number of carbonyl (C=O) groups excluding carboxylic acids is 3. The van der Waals surface area contributed by atoms with Gasteiger partial charge in [-0.05, 0) is 43.9 Å². The van der Waals surface area contributed by atoms with Crippen molar-refractivity contribution in [1.29, 1.82) is 0 Å². The minimum Gasteiger partial charge on any atom is -0.277 e. The van der Waals surface area contributed by atoms with E-state index in [9.17, 15) is 14.4 Å². The summed E-state index contributed by atoms with van der Waals surface area (Å²) >= 11 is 0. The van der Waals surface area contributed by atoms with Gasteiger partial charge in [0.05, 0.1) is 0 Å². The van der Waals surface area contributed by atoms with Gasteiger partial charge in [-0.15, -0.1) is 0 Å². The molecule has 3 aliphatic carbocycles. The molecule has 3 unspecified atom stereocenters. The zero-order valence-electron chi connectivity index (χ0n) is 11.6. The van der Waals surface area contributed by atoms with Gasteiger partial charge in [-0.3, -0.25) is 19.8 Å². The summed E-state index contributed by atoms with van der Waals surface area (Å²) in [7, 11) is 0. The van der Waals surface area contributed by atoms with Crippen molar-refractivity contribution < 1.29 is 14.4 Å². The van der Waals surface area contributed by atoms with Gasteiger partial charge in [-0.1, -0.05) is 19.3 Å². The fourth-order valence-electron chi connectivity index (χ4n) is 4.94. The van der Waals surface area contributed by atoms with Crippen molar-refractivity contribution in [1.82, 2.24) is 10.2 Å². The zero-order valence-corrected chi connectivity index (χ0v) is 11.6. The van der Waals surface area contributed by atoms with Crippen LogP contribution in [0.1, 0.15) is 51.4 Å². The Morgan fingerprint density at radius 2 is 1.80 bits per heavy atom. The Balaban J connectivity index is 1.67. The van der Waals surface area contributed by atoms with Gasteiger partial charge in [-0.2, -0.15) is 0 Å². The third-order valence-electron chi connectivity index (χ3n) is 5.99. The Kier molecular flexibility index (Phi) is 2.51. The second kappa shape index (κ2) is 4.06. The molecule has 1 spiro atoms. The molecule has 3 saturated carbocycles. The Morgan fingerprint density at radius 3 is 2.40 bits per heavy atom. The third kappa shape index (κ3) is 1.46. The number of fused-ring (bicyclic) bond motifs is 2. The molecule has 1 saturated heterocycles. The number of hydrogen-bond donors (Lipinski definition) is 1. The molecule has 1 aliphatic heterocycles. The Labute approximate surface area is 118 Å². The minimum atomic E-state index is -0.935. The molecule has 0 radical (unpaired) electrons. The summed E-state index contributed by atoms with van der Waals surface area (Å²) in [6, 6.07) is -0.443. The summed E-state index contributed by atoms with van der Waals surface area (Å²) in [5.74, 6) is 0.565. The molecule has 0 aromatic rings. The van der Waals surface area contributed by atoms with Gasteiger partial charge < -0.3 is 0 Å². The van der Waals surface area contributed by atoms with Gasteiger partial charge in [-0.25, -0.2) is 4.79 Å². The molecule has 1 N–H and O–H groups in total. The van der Waals surface area contributed by atoms with Crippen LogP contribution in [0.25, 0.3) is 0 Å². The van der Waals surface area contributed by atoms with E-state index in [0.29, 0.717) is 24.7 Å². The Morgan fingerprint density at radius 1 is 1.05 bits per heavy atom. The molecule has 108 valence electrons. The number of urea groups is 1. The Hall–Kier alpha value is -1.39. The van der Waals surface area contributed by atoms with Crippen LogP contribution in [0, 0.1) is 17.3 Å². The van der Waals surface area contributed by atoms with Crippen LogP contribution in [0.5, 0.6) is 0 Å². The van der Waals surface area contributed by atoms with Crippen molar-refractivity contribution in [3.63, 3.8) is 0 Å². The summed E-state index contributed by atoms with van der Waals surface area (Å²) in [5, 5.41) is 2.46. The van der Waals surface area contributed by atoms with Crippen LogP contribution in [-0.2, 0) is 9.59 Å². The molecule has 4 amide bonds. The van der Waals surface area contributed by atoms with Gasteiger partial charge in [0, 0.05) is 6.04 Å². The van der Waals surface area contributed by atoms with Gasteiger partial charge in [0.15, 0.2) is 0 Å². The molecule has 20 heavy (non-hydrogen) atoms. The topological polar surface area (TPSA) is 66.5 Å². The highest BCUT2D eigenvalue weighted by Gasteiger charge is 2.58. The molecule has 3 atom stereocenters. The van der Waals surface area contributed by atoms with Crippen LogP contribution in [0.15, 0.2) is 0 Å². The van der Waals surface area contributed by atoms with Crippen molar-refractivity contribution in [3.05, 3.63) is 0 Å². The van der Waals surface area contributed by atoms with Crippen molar-refractivity contribution in [3.8, 4) is 0 Å². The standard InChI is InChI=1S/C15H20N2O3/c18-12-15(5-1-2-6-15)13(19)17(14(20)16-12)11-8-9-3-4-10(11)7-9/h9-11H,1-8H2,(H,16,18,20). The van der Waals surface area contributed by atoms with E-state index >= 15 is 0 Å². The van der Waals surface area contributed by atoms with Crippen molar-refractivity contribution >= 4 is 17.8 Å². The molecule has 4 rings (SSSR count). The highest BCUT2D eigenvalue weighted by atomic mass is 16.2. The van der Waals surface area contributed by atoms with E-state index in [0.717, 1.165) is 32.1 Å². The molecule has 4 fully saturated rings. The summed E-state index contributed by atoms with van der Waals surface area (Å²) in [5.41, 5.74) is -0.935. The SMILES string of the molecule is O=C1NC(=O)C2(CCCC2)C(=O)N1C1CC2CCC1C2. The molecular formula is C15H20N2O3. The predicted molar refractivity (Wildman–Crippen MR) is 70.5 cm³/mol. The maximum absolute atomic E-state index is 12.9. The lowest BCUT2D eigenvalue weighted by Gasteiger charge is -2.42. The van der Waals surface area contributed by atoms with Crippen LogP contribution in [0.4, 0.5) is 4.79 Å². The van der Waals surface area contributed by atoms with Gasteiger partial charge in [0.25, 0.3) is 0 Å². The maximum Gasteiger partial charge on any atom is 0.331 e. The molecular weight excluding hydrogens is 256 g/mol. The zero-order chi connectivity index (χ0) is 13.9. The number of imide groups is 2. The number of amides is 4. The Bertz CT molecular complexity index is 495. The van der Waals surface area contributed by atoms with Crippen molar-refractivity contribution in [2.45, 2.75) is 57.4 Å². The van der Waals surface area contributed by atoms with Gasteiger partial charge in [0.1, 0.15) is 5.41 Å². The van der Waals surface area contributed by atoms with Crippen LogP contribution in [0.2, 0.25) is 0 Å². The molecule has 1 heterocycles. The van der Waals surface area contributed by atoms with Crippen LogP contribution >= 0.6 is 0 Å². The van der Waals surface area contributed by atoms with Crippen LogP contribution < -0.4 is 5.32 Å². The molecule has 5 nitrogen and oxygen atoms in total. The van der Waals surface area contributed by atoms with E-state index in [2.05, 4.69) is 5.32 Å². The summed E-state index contributed by atoms with van der Waals surface area (Å²) in [6.45, 7) is 0. The fraction of sp³-hybridized carbons (Fsp3) is 0.800. The highest BCUT2D eigenvalue weighted by Crippen LogP contribution is 2.49.